The second kappa shape index (κ2) is 10.7. The third-order valence-corrected chi connectivity index (χ3v) is 4.66. The lowest BCUT2D eigenvalue weighted by Crippen LogP contribution is -2.48. The van der Waals surface area contributed by atoms with Crippen LogP contribution in [0, 0.1) is 3.57 Å². The van der Waals surface area contributed by atoms with Gasteiger partial charge in [0.2, 0.25) is 5.91 Å². The Bertz CT molecular complexity index is 681. The van der Waals surface area contributed by atoms with Crippen molar-refractivity contribution in [2.45, 2.75) is 52.4 Å². The quantitative estimate of drug-likeness (QED) is 0.412. The molecule has 0 N–H and O–H groups in total. The Balaban J connectivity index is 2.92. The van der Waals surface area contributed by atoms with Crippen molar-refractivity contribution in [3.63, 3.8) is 0 Å². The van der Waals surface area contributed by atoms with Crippen LogP contribution in [-0.4, -0.2) is 60.2 Å². The van der Waals surface area contributed by atoms with Crippen LogP contribution >= 0.6 is 22.6 Å². The molecule has 1 aromatic rings. The van der Waals surface area contributed by atoms with E-state index in [1.165, 1.54) is 11.0 Å². The molecule has 6 nitrogen and oxygen atoms in total. The first-order valence-corrected chi connectivity index (χ1v) is 10.3. The Kier molecular flexibility index (Phi) is 9.26. The summed E-state index contributed by atoms with van der Waals surface area (Å²) in [6.07, 6.45) is 2.40. The molecule has 1 aromatic carbocycles. The molecule has 2 amide bonds. The van der Waals surface area contributed by atoms with Gasteiger partial charge in [0.1, 0.15) is 17.5 Å². The SMILES string of the molecule is CC(Oc1ccc(I)cc1)C(C)N(C/C=C/C(=O)N(C)C)C(=O)OC(C)(C)C. The molecule has 0 aliphatic carbocycles. The summed E-state index contributed by atoms with van der Waals surface area (Å²) in [6, 6.07) is 7.47. The minimum atomic E-state index is -0.613. The minimum absolute atomic E-state index is 0.139. The van der Waals surface area contributed by atoms with Crippen LogP contribution in [0.5, 0.6) is 5.75 Å². The van der Waals surface area contributed by atoms with Crippen molar-refractivity contribution in [2.75, 3.05) is 20.6 Å². The number of amides is 2. The van der Waals surface area contributed by atoms with Crippen LogP contribution in [0.1, 0.15) is 34.6 Å². The number of hydrogen-bond donors (Lipinski definition) is 0. The van der Waals surface area contributed by atoms with Gasteiger partial charge in [-0.25, -0.2) is 4.79 Å². The highest BCUT2D eigenvalue weighted by Crippen LogP contribution is 2.19. The van der Waals surface area contributed by atoms with Crippen LogP contribution in [-0.2, 0) is 9.53 Å². The summed E-state index contributed by atoms with van der Waals surface area (Å²) in [5.41, 5.74) is -0.613. The first kappa shape index (κ1) is 24.3. The highest BCUT2D eigenvalue weighted by molar-refractivity contribution is 14.1. The third kappa shape index (κ3) is 8.50. The molecule has 28 heavy (non-hydrogen) atoms. The standard InChI is InChI=1S/C21H31IN2O4/c1-15(16(2)27-18-12-10-17(22)11-13-18)24(20(26)28-21(3,4)5)14-8-9-19(25)23(6)7/h8-13,15-16H,14H2,1-7H3/b9-8+. The predicted molar refractivity (Wildman–Crippen MR) is 119 cm³/mol. The Morgan fingerprint density at radius 2 is 1.71 bits per heavy atom. The van der Waals surface area contributed by atoms with Crippen molar-refractivity contribution in [2.24, 2.45) is 0 Å². The highest BCUT2D eigenvalue weighted by Gasteiger charge is 2.29. The zero-order chi connectivity index (χ0) is 21.5. The molecule has 0 aromatic heterocycles. The van der Waals surface area contributed by atoms with E-state index in [-0.39, 0.29) is 24.6 Å². The van der Waals surface area contributed by atoms with E-state index in [0.717, 1.165) is 9.32 Å². The maximum atomic E-state index is 12.7. The van der Waals surface area contributed by atoms with Crippen molar-refractivity contribution in [1.82, 2.24) is 9.80 Å². The number of benzene rings is 1. The van der Waals surface area contributed by atoms with Crippen molar-refractivity contribution in [3.05, 3.63) is 40.0 Å². The van der Waals surface area contributed by atoms with E-state index in [1.54, 1.807) is 25.1 Å². The number of rotatable bonds is 7. The topological polar surface area (TPSA) is 59.1 Å². The van der Waals surface area contributed by atoms with Gasteiger partial charge >= 0.3 is 6.09 Å². The van der Waals surface area contributed by atoms with Gasteiger partial charge in [0.05, 0.1) is 6.04 Å². The molecule has 2 unspecified atom stereocenters. The number of carbonyl (C=O) groups excluding carboxylic acids is 2. The van der Waals surface area contributed by atoms with E-state index >= 15 is 0 Å². The lowest BCUT2D eigenvalue weighted by atomic mass is 10.1. The molecule has 0 heterocycles. The van der Waals surface area contributed by atoms with E-state index in [9.17, 15) is 9.59 Å². The number of nitrogens with zero attached hydrogens (tertiary/aromatic N) is 2. The van der Waals surface area contributed by atoms with Gasteiger partial charge in [0.25, 0.3) is 0 Å². The van der Waals surface area contributed by atoms with Gasteiger partial charge in [-0.2, -0.15) is 0 Å². The summed E-state index contributed by atoms with van der Waals surface area (Å²) in [7, 11) is 3.36. The first-order chi connectivity index (χ1) is 12.9. The Hall–Kier alpha value is -1.77. The van der Waals surface area contributed by atoms with Gasteiger partial charge < -0.3 is 14.4 Å². The van der Waals surface area contributed by atoms with Crippen LogP contribution in [0.3, 0.4) is 0 Å². The molecule has 0 radical (unpaired) electrons. The molecule has 2 atom stereocenters. The number of likely N-dealkylation sites (N-methyl/N-ethyl adjacent to an activating group) is 1. The lowest BCUT2D eigenvalue weighted by Gasteiger charge is -2.34. The second-order valence-electron chi connectivity index (χ2n) is 7.79. The molecule has 7 heteroatoms. The first-order valence-electron chi connectivity index (χ1n) is 9.20. The maximum Gasteiger partial charge on any atom is 0.410 e. The molecule has 0 saturated carbocycles. The molecule has 156 valence electrons. The van der Waals surface area contributed by atoms with Gasteiger partial charge in [-0.3, -0.25) is 9.69 Å². The number of halogens is 1. The van der Waals surface area contributed by atoms with Crippen molar-refractivity contribution in [1.29, 1.82) is 0 Å². The minimum Gasteiger partial charge on any atom is -0.489 e. The number of hydrogen-bond acceptors (Lipinski definition) is 4. The van der Waals surface area contributed by atoms with Crippen LogP contribution in [0.2, 0.25) is 0 Å². The Morgan fingerprint density at radius 1 is 1.14 bits per heavy atom. The summed E-state index contributed by atoms with van der Waals surface area (Å²) in [5.74, 6) is 0.599. The predicted octanol–water partition coefficient (Wildman–Crippen LogP) is 4.33. The number of ether oxygens (including phenoxy) is 2. The van der Waals surface area contributed by atoms with Crippen LogP contribution in [0.15, 0.2) is 36.4 Å². The van der Waals surface area contributed by atoms with E-state index in [4.69, 9.17) is 9.47 Å². The lowest BCUT2D eigenvalue weighted by molar-refractivity contribution is -0.123. The summed E-state index contributed by atoms with van der Waals surface area (Å²) >= 11 is 2.24. The summed E-state index contributed by atoms with van der Waals surface area (Å²) in [5, 5.41) is 0. The molecular weight excluding hydrogens is 471 g/mol. The van der Waals surface area contributed by atoms with Gasteiger partial charge in [0.15, 0.2) is 0 Å². The summed E-state index contributed by atoms with van der Waals surface area (Å²) in [6.45, 7) is 9.54. The van der Waals surface area contributed by atoms with Crippen LogP contribution in [0.25, 0.3) is 0 Å². The smallest absolute Gasteiger partial charge is 0.410 e. The van der Waals surface area contributed by atoms with Gasteiger partial charge in [-0.05, 0) is 81.5 Å². The molecule has 0 aliphatic heterocycles. The fraction of sp³-hybridized carbons (Fsp3) is 0.524. The molecule has 0 bridgehead atoms. The van der Waals surface area contributed by atoms with Crippen LogP contribution in [0.4, 0.5) is 4.79 Å². The molecule has 0 fully saturated rings. The molecule has 1 rings (SSSR count). The van der Waals surface area contributed by atoms with Crippen molar-refractivity contribution >= 4 is 34.6 Å². The highest BCUT2D eigenvalue weighted by atomic mass is 127. The van der Waals surface area contributed by atoms with Crippen LogP contribution < -0.4 is 4.74 Å². The van der Waals surface area contributed by atoms with Gasteiger partial charge in [-0.15, -0.1) is 0 Å². The fourth-order valence-electron chi connectivity index (χ4n) is 2.22. The zero-order valence-electron chi connectivity index (χ0n) is 17.7. The summed E-state index contributed by atoms with van der Waals surface area (Å²) in [4.78, 5) is 27.5. The average Bonchev–Trinajstić information content (AvgIpc) is 2.58. The largest absolute Gasteiger partial charge is 0.489 e. The molecule has 0 spiro atoms. The maximum absolute atomic E-state index is 12.7. The Labute approximate surface area is 182 Å². The van der Waals surface area contributed by atoms with E-state index in [2.05, 4.69) is 22.6 Å². The summed E-state index contributed by atoms with van der Waals surface area (Å²) < 4.78 is 12.7. The monoisotopic (exact) mass is 502 g/mol. The van der Waals surface area contributed by atoms with E-state index < -0.39 is 11.7 Å². The third-order valence-electron chi connectivity index (χ3n) is 3.94. The number of carbonyl (C=O) groups is 2. The Morgan fingerprint density at radius 3 is 2.21 bits per heavy atom. The zero-order valence-corrected chi connectivity index (χ0v) is 19.9. The van der Waals surface area contributed by atoms with Crippen molar-refractivity contribution in [3.8, 4) is 5.75 Å². The fourth-order valence-corrected chi connectivity index (χ4v) is 2.58. The van der Waals surface area contributed by atoms with E-state index in [1.807, 2.05) is 58.9 Å². The van der Waals surface area contributed by atoms with Gasteiger partial charge in [-0.1, -0.05) is 6.08 Å². The normalized spacial score (nSPS) is 13.7. The molecule has 0 saturated heterocycles. The molecular formula is C21H31IN2O4. The molecule has 0 aliphatic rings. The van der Waals surface area contributed by atoms with Gasteiger partial charge in [0, 0.05) is 30.3 Å². The van der Waals surface area contributed by atoms with E-state index in [0.29, 0.717) is 0 Å². The second-order valence-corrected chi connectivity index (χ2v) is 9.03. The average molecular weight is 502 g/mol. The van der Waals surface area contributed by atoms with Crippen molar-refractivity contribution < 1.29 is 19.1 Å².